The van der Waals surface area contributed by atoms with Crippen molar-refractivity contribution in [1.82, 2.24) is 0 Å². The number of thiophene rings is 1. The van der Waals surface area contributed by atoms with Gasteiger partial charge in [-0.05, 0) is 64.2 Å². The third-order valence-electron chi connectivity index (χ3n) is 6.02. The van der Waals surface area contributed by atoms with Gasteiger partial charge in [-0.25, -0.2) is 4.79 Å². The Labute approximate surface area is 178 Å². The molecule has 0 fully saturated rings. The van der Waals surface area contributed by atoms with E-state index in [-0.39, 0.29) is 17.3 Å². The minimum Gasteiger partial charge on any atom is -0.465 e. The summed E-state index contributed by atoms with van der Waals surface area (Å²) in [5.74, 6) is -0.0456. The van der Waals surface area contributed by atoms with E-state index in [1.165, 1.54) is 23.3 Å². The van der Waals surface area contributed by atoms with E-state index < -0.39 is 0 Å². The number of ether oxygens (including phenoxy) is 1. The van der Waals surface area contributed by atoms with Crippen molar-refractivity contribution in [3.63, 3.8) is 0 Å². The predicted octanol–water partition coefficient (Wildman–Crippen LogP) is 6.09. The highest BCUT2D eigenvalue weighted by atomic mass is 79.9. The molecule has 2 aromatic rings. The van der Waals surface area contributed by atoms with E-state index in [2.05, 4.69) is 42.0 Å². The fourth-order valence-corrected chi connectivity index (χ4v) is 5.54. The minimum atomic E-state index is -0.381. The van der Waals surface area contributed by atoms with Crippen molar-refractivity contribution in [1.29, 1.82) is 0 Å². The van der Waals surface area contributed by atoms with Crippen molar-refractivity contribution < 1.29 is 14.3 Å². The van der Waals surface area contributed by atoms with Gasteiger partial charge in [0.2, 0.25) is 0 Å². The van der Waals surface area contributed by atoms with Crippen LogP contribution in [0.2, 0.25) is 0 Å². The first kappa shape index (κ1) is 21.1. The lowest BCUT2D eigenvalue weighted by molar-refractivity contribution is 0.0600. The number of hydrogen-bond acceptors (Lipinski definition) is 4. The monoisotopic (exact) mass is 463 g/mol. The summed E-state index contributed by atoms with van der Waals surface area (Å²) in [5.41, 5.74) is 2.36. The molecule has 0 saturated carbocycles. The van der Waals surface area contributed by atoms with Gasteiger partial charge >= 0.3 is 5.97 Å². The zero-order valence-corrected chi connectivity index (χ0v) is 19.1. The first-order valence-electron chi connectivity index (χ1n) is 9.57. The second kappa shape index (κ2) is 8.37. The highest BCUT2D eigenvalue weighted by Crippen LogP contribution is 2.45. The summed E-state index contributed by atoms with van der Waals surface area (Å²) in [7, 11) is 1.39. The number of carbonyl (C=O) groups excluding carboxylic acids is 2. The lowest BCUT2D eigenvalue weighted by Crippen LogP contribution is -2.28. The van der Waals surface area contributed by atoms with Gasteiger partial charge in [-0.15, -0.1) is 11.3 Å². The molecule has 1 heterocycles. The SMILES string of the molecule is CCC(C)(C)C1CCc2c(sc(NC(=O)c3ccccc3Br)c2C(=O)OC)C1. The molecule has 0 spiro atoms. The van der Waals surface area contributed by atoms with Crippen molar-refractivity contribution >= 4 is 44.1 Å². The fourth-order valence-electron chi connectivity index (χ4n) is 3.76. The maximum Gasteiger partial charge on any atom is 0.341 e. The average Bonchev–Trinajstić information content (AvgIpc) is 3.04. The topological polar surface area (TPSA) is 55.4 Å². The van der Waals surface area contributed by atoms with E-state index in [4.69, 9.17) is 4.74 Å². The Morgan fingerprint density at radius 1 is 1.32 bits per heavy atom. The fraction of sp³-hybridized carbons (Fsp3) is 0.455. The molecular weight excluding hydrogens is 438 g/mol. The largest absolute Gasteiger partial charge is 0.465 e. The second-order valence-electron chi connectivity index (χ2n) is 7.92. The van der Waals surface area contributed by atoms with Crippen LogP contribution >= 0.6 is 27.3 Å². The Morgan fingerprint density at radius 3 is 2.68 bits per heavy atom. The number of esters is 1. The van der Waals surface area contributed by atoms with E-state index >= 15 is 0 Å². The summed E-state index contributed by atoms with van der Waals surface area (Å²) in [6.07, 6.45) is 3.95. The Morgan fingerprint density at radius 2 is 2.04 bits per heavy atom. The minimum absolute atomic E-state index is 0.235. The maximum absolute atomic E-state index is 12.8. The number of amides is 1. The van der Waals surface area contributed by atoms with Crippen molar-refractivity contribution in [3.8, 4) is 0 Å². The summed E-state index contributed by atoms with van der Waals surface area (Å²) in [5, 5.41) is 3.55. The number of hydrogen-bond donors (Lipinski definition) is 1. The number of benzene rings is 1. The molecule has 4 nitrogen and oxygen atoms in total. The van der Waals surface area contributed by atoms with Crippen LogP contribution in [0.25, 0.3) is 0 Å². The van der Waals surface area contributed by atoms with Crippen molar-refractivity contribution in [3.05, 3.63) is 50.3 Å². The third-order valence-corrected chi connectivity index (χ3v) is 7.88. The van der Waals surface area contributed by atoms with Crippen LogP contribution in [0.4, 0.5) is 5.00 Å². The molecule has 3 rings (SSSR count). The summed E-state index contributed by atoms with van der Waals surface area (Å²) in [6, 6.07) is 7.26. The molecule has 1 N–H and O–H groups in total. The number of halogens is 1. The summed E-state index contributed by atoms with van der Waals surface area (Å²) < 4.78 is 5.76. The molecule has 1 aromatic carbocycles. The maximum atomic E-state index is 12.8. The van der Waals surface area contributed by atoms with Crippen LogP contribution in [0.3, 0.4) is 0 Å². The highest BCUT2D eigenvalue weighted by Gasteiger charge is 2.35. The van der Waals surface area contributed by atoms with E-state index in [1.54, 1.807) is 6.07 Å². The normalized spacial score (nSPS) is 16.4. The van der Waals surface area contributed by atoms with E-state index in [0.29, 0.717) is 22.0 Å². The Bertz CT molecular complexity index is 903. The molecule has 0 bridgehead atoms. The Balaban J connectivity index is 1.95. The smallest absolute Gasteiger partial charge is 0.341 e. The predicted molar refractivity (Wildman–Crippen MR) is 117 cm³/mol. The quantitative estimate of drug-likeness (QED) is 0.545. The zero-order chi connectivity index (χ0) is 20.5. The molecule has 0 aliphatic heterocycles. The van der Waals surface area contributed by atoms with Crippen LogP contribution < -0.4 is 5.32 Å². The van der Waals surface area contributed by atoms with Gasteiger partial charge in [-0.2, -0.15) is 0 Å². The van der Waals surface area contributed by atoms with E-state index in [9.17, 15) is 9.59 Å². The van der Waals surface area contributed by atoms with Gasteiger partial charge in [-0.1, -0.05) is 39.3 Å². The van der Waals surface area contributed by atoms with E-state index in [1.807, 2.05) is 18.2 Å². The first-order chi connectivity index (χ1) is 13.3. The van der Waals surface area contributed by atoms with Crippen LogP contribution in [0.5, 0.6) is 0 Å². The number of methoxy groups -OCH3 is 1. The van der Waals surface area contributed by atoms with E-state index in [0.717, 1.165) is 35.7 Å². The third kappa shape index (κ3) is 4.03. The van der Waals surface area contributed by atoms with Crippen LogP contribution in [-0.4, -0.2) is 19.0 Å². The van der Waals surface area contributed by atoms with Gasteiger partial charge < -0.3 is 10.1 Å². The molecule has 1 amide bonds. The molecule has 28 heavy (non-hydrogen) atoms. The lowest BCUT2D eigenvalue weighted by atomic mass is 9.69. The molecule has 0 saturated heterocycles. The summed E-state index contributed by atoms with van der Waals surface area (Å²) in [6.45, 7) is 6.85. The van der Waals surface area contributed by atoms with Gasteiger partial charge in [0.05, 0.1) is 18.2 Å². The highest BCUT2D eigenvalue weighted by molar-refractivity contribution is 9.10. The summed E-state index contributed by atoms with van der Waals surface area (Å²) in [4.78, 5) is 26.5. The van der Waals surface area contributed by atoms with Crippen LogP contribution in [0, 0.1) is 11.3 Å². The van der Waals surface area contributed by atoms with Gasteiger partial charge in [0.1, 0.15) is 5.00 Å². The standard InChI is InChI=1S/C22H26BrNO3S/c1-5-22(2,3)13-10-11-15-17(12-13)28-20(18(15)21(26)27-4)24-19(25)14-8-6-7-9-16(14)23/h6-9,13H,5,10-12H2,1-4H3,(H,24,25). The van der Waals surface area contributed by atoms with Crippen molar-refractivity contribution in [2.75, 3.05) is 12.4 Å². The molecular formula is C22H26BrNO3S. The molecule has 1 aromatic heterocycles. The molecule has 150 valence electrons. The molecule has 1 atom stereocenters. The average molecular weight is 464 g/mol. The molecule has 1 aliphatic rings. The van der Waals surface area contributed by atoms with Crippen LogP contribution in [0.15, 0.2) is 28.7 Å². The number of carbonyl (C=O) groups is 2. The van der Waals surface area contributed by atoms with Gasteiger partial charge in [0.15, 0.2) is 0 Å². The molecule has 0 radical (unpaired) electrons. The second-order valence-corrected chi connectivity index (χ2v) is 9.87. The van der Waals surface area contributed by atoms with Crippen molar-refractivity contribution in [2.24, 2.45) is 11.3 Å². The van der Waals surface area contributed by atoms with Gasteiger partial charge in [0, 0.05) is 9.35 Å². The first-order valence-corrected chi connectivity index (χ1v) is 11.2. The molecule has 1 unspecified atom stereocenters. The summed E-state index contributed by atoms with van der Waals surface area (Å²) >= 11 is 4.93. The number of nitrogens with one attached hydrogen (secondary N) is 1. The van der Waals surface area contributed by atoms with Crippen LogP contribution in [-0.2, 0) is 17.6 Å². The zero-order valence-electron chi connectivity index (χ0n) is 16.7. The van der Waals surface area contributed by atoms with Crippen LogP contribution in [0.1, 0.15) is 64.8 Å². The Kier molecular flexibility index (Phi) is 6.30. The van der Waals surface area contributed by atoms with Gasteiger partial charge in [-0.3, -0.25) is 4.79 Å². The number of anilines is 1. The van der Waals surface area contributed by atoms with Crippen molar-refractivity contribution in [2.45, 2.75) is 46.5 Å². The number of rotatable bonds is 5. The number of fused-ring (bicyclic) bond motifs is 1. The molecule has 1 aliphatic carbocycles. The molecule has 6 heteroatoms. The Hall–Kier alpha value is -1.66. The van der Waals surface area contributed by atoms with Gasteiger partial charge in [0.25, 0.3) is 5.91 Å². The lowest BCUT2D eigenvalue weighted by Gasteiger charge is -2.36.